The lowest BCUT2D eigenvalue weighted by molar-refractivity contribution is -0.00242. The summed E-state index contributed by atoms with van der Waals surface area (Å²) in [4.78, 5) is 27.8. The highest BCUT2D eigenvalue weighted by Crippen LogP contribution is 2.43. The summed E-state index contributed by atoms with van der Waals surface area (Å²) in [5.74, 6) is -2.22. The van der Waals surface area contributed by atoms with Crippen molar-refractivity contribution in [2.24, 2.45) is 5.92 Å². The van der Waals surface area contributed by atoms with Crippen LogP contribution in [0.4, 0.5) is 19.3 Å². The van der Waals surface area contributed by atoms with Crippen molar-refractivity contribution in [2.45, 2.75) is 65.5 Å². The van der Waals surface area contributed by atoms with Crippen molar-refractivity contribution in [1.29, 1.82) is 0 Å². The van der Waals surface area contributed by atoms with Crippen LogP contribution in [0.5, 0.6) is 0 Å². The molecule has 1 aliphatic heterocycles. The highest BCUT2D eigenvalue weighted by atomic mass is 19.3. The van der Waals surface area contributed by atoms with Gasteiger partial charge < -0.3 is 15.2 Å². The van der Waals surface area contributed by atoms with Crippen molar-refractivity contribution >= 4 is 18.1 Å². The van der Waals surface area contributed by atoms with E-state index in [2.05, 4.69) is 30.5 Å². The summed E-state index contributed by atoms with van der Waals surface area (Å²) >= 11 is 0. The lowest BCUT2D eigenvalue weighted by atomic mass is 10.0. The van der Waals surface area contributed by atoms with Crippen LogP contribution in [0, 0.1) is 5.92 Å². The molecule has 9 heteroatoms. The van der Waals surface area contributed by atoms with Crippen LogP contribution in [0.1, 0.15) is 70.1 Å². The Kier molecular flexibility index (Phi) is 10.9. The Balaban J connectivity index is 0.00000105. The van der Waals surface area contributed by atoms with E-state index in [-0.39, 0.29) is 16.9 Å². The van der Waals surface area contributed by atoms with Gasteiger partial charge in [0.2, 0.25) is 0 Å². The molecule has 1 unspecified atom stereocenters. The summed E-state index contributed by atoms with van der Waals surface area (Å²) in [6.45, 7) is 10.7. The number of nitrogens with two attached hydrogens (primary N) is 1. The maximum absolute atomic E-state index is 13.9. The number of rotatable bonds is 2. The second-order valence-electron chi connectivity index (χ2n) is 8.68. The van der Waals surface area contributed by atoms with Gasteiger partial charge in [-0.25, -0.2) is 13.6 Å². The van der Waals surface area contributed by atoms with E-state index < -0.39 is 36.6 Å². The molecular formula is C21H35F2N3O4. The maximum Gasteiger partial charge on any atom is 0.411 e. The van der Waals surface area contributed by atoms with Crippen LogP contribution < -0.4 is 5.73 Å². The van der Waals surface area contributed by atoms with Crippen molar-refractivity contribution in [3.05, 3.63) is 23.5 Å². The predicted octanol–water partition coefficient (Wildman–Crippen LogP) is 4.72. The average molecular weight is 432 g/mol. The van der Waals surface area contributed by atoms with Gasteiger partial charge in [-0.3, -0.25) is 14.7 Å². The first-order chi connectivity index (χ1) is 13.7. The minimum Gasteiger partial charge on any atom is -0.444 e. The number of anilines is 1. The number of methoxy groups -OCH3 is 1. The van der Waals surface area contributed by atoms with Crippen LogP contribution in [0.25, 0.3) is 0 Å². The van der Waals surface area contributed by atoms with E-state index in [1.807, 2.05) is 0 Å². The van der Waals surface area contributed by atoms with Crippen LogP contribution in [-0.2, 0) is 9.47 Å². The van der Waals surface area contributed by atoms with Gasteiger partial charge in [0.25, 0.3) is 5.92 Å². The summed E-state index contributed by atoms with van der Waals surface area (Å²) in [6, 6.07) is 0.354. The van der Waals surface area contributed by atoms with E-state index in [0.29, 0.717) is 6.29 Å². The van der Waals surface area contributed by atoms with Gasteiger partial charge >= 0.3 is 6.09 Å². The quantitative estimate of drug-likeness (QED) is 0.681. The zero-order valence-corrected chi connectivity index (χ0v) is 19.2. The molecule has 1 fully saturated rings. The number of alkyl halides is 2. The van der Waals surface area contributed by atoms with Gasteiger partial charge in [-0.2, -0.15) is 0 Å². The lowest BCUT2D eigenvalue weighted by Gasteiger charge is -2.28. The molecule has 2 heterocycles. The Morgan fingerprint density at radius 1 is 1.33 bits per heavy atom. The van der Waals surface area contributed by atoms with E-state index in [0.717, 1.165) is 10.8 Å². The molecule has 1 aromatic rings. The van der Waals surface area contributed by atoms with E-state index >= 15 is 0 Å². The molecule has 1 amide bonds. The number of pyridine rings is 1. The summed E-state index contributed by atoms with van der Waals surface area (Å²) in [5, 5.41) is 0. The number of nitrogen functional groups attached to an aromatic ring is 1. The first-order valence-electron chi connectivity index (χ1n) is 9.65. The summed E-state index contributed by atoms with van der Waals surface area (Å²) in [7, 11) is 3.25. The molecule has 2 N–H and O–H groups in total. The van der Waals surface area contributed by atoms with Crippen molar-refractivity contribution in [2.75, 3.05) is 26.5 Å². The van der Waals surface area contributed by atoms with Gasteiger partial charge in [0.15, 0.2) is 6.29 Å². The zero-order valence-electron chi connectivity index (χ0n) is 19.2. The minimum absolute atomic E-state index is 0.0635. The molecule has 0 radical (unpaired) electrons. The molecule has 0 aliphatic carbocycles. The molecule has 1 aromatic heterocycles. The zero-order chi connectivity index (χ0) is 23.7. The summed E-state index contributed by atoms with van der Waals surface area (Å²) in [6.07, 6.45) is 0.290. The Morgan fingerprint density at radius 2 is 1.83 bits per heavy atom. The van der Waals surface area contributed by atoms with E-state index in [1.165, 1.54) is 12.3 Å². The Bertz CT molecular complexity index is 689. The van der Waals surface area contributed by atoms with Gasteiger partial charge in [0, 0.05) is 26.2 Å². The van der Waals surface area contributed by atoms with Crippen molar-refractivity contribution < 1.29 is 27.8 Å². The third-order valence-electron chi connectivity index (χ3n) is 3.37. The van der Waals surface area contributed by atoms with E-state index in [1.54, 1.807) is 35.0 Å². The first-order valence-corrected chi connectivity index (χ1v) is 9.65. The van der Waals surface area contributed by atoms with Gasteiger partial charge in [0.1, 0.15) is 11.3 Å². The number of halogens is 2. The number of likely N-dealkylation sites (tertiary alicyclic amines) is 1. The number of ether oxygens (including phenoxy) is 2. The largest absolute Gasteiger partial charge is 0.444 e. The number of hydrogen-bond acceptors (Lipinski definition) is 6. The maximum atomic E-state index is 13.9. The molecule has 1 atom stereocenters. The van der Waals surface area contributed by atoms with Crippen molar-refractivity contribution in [3.8, 4) is 0 Å². The highest BCUT2D eigenvalue weighted by molar-refractivity contribution is 5.74. The van der Waals surface area contributed by atoms with Crippen LogP contribution in [0.3, 0.4) is 0 Å². The lowest BCUT2D eigenvalue weighted by Crippen LogP contribution is -2.38. The number of aromatic nitrogens is 1. The van der Waals surface area contributed by atoms with E-state index in [9.17, 15) is 18.4 Å². The van der Waals surface area contributed by atoms with Crippen molar-refractivity contribution in [3.63, 3.8) is 0 Å². The van der Waals surface area contributed by atoms with Crippen LogP contribution >= 0.6 is 0 Å². The molecule has 2 rings (SSSR count). The highest BCUT2D eigenvalue weighted by Gasteiger charge is 2.49. The minimum atomic E-state index is -3.06. The standard InChI is InChI=1S/C15H19F2N3O3.C4H10.C2H6O/c1-14(2,3)23-13(22)20-8-15(16,17)5-12(20)10-4-9(7-21)19-6-11(10)18;1-4(2)3;1-3-2/h4,6-7,12H,5,8,18H2,1-3H3;4H,1-3H3;1-2H3. The molecule has 0 spiro atoms. The fourth-order valence-corrected chi connectivity index (χ4v) is 2.46. The SMILES string of the molecule is CC(C)(C)OC(=O)N1CC(F)(F)CC1c1cc(C=O)ncc1N.CC(C)C.COC. The number of carbonyl (C=O) groups is 2. The van der Waals surface area contributed by atoms with Gasteiger partial charge in [-0.1, -0.05) is 20.8 Å². The Morgan fingerprint density at radius 3 is 2.27 bits per heavy atom. The van der Waals surface area contributed by atoms with E-state index in [4.69, 9.17) is 10.5 Å². The summed E-state index contributed by atoms with van der Waals surface area (Å²) < 4.78 is 37.2. The van der Waals surface area contributed by atoms with Crippen molar-refractivity contribution in [1.82, 2.24) is 9.88 Å². The molecule has 0 aromatic carbocycles. The van der Waals surface area contributed by atoms with Crippen LogP contribution in [0.2, 0.25) is 0 Å². The number of hydrogen-bond donors (Lipinski definition) is 1. The predicted molar refractivity (Wildman–Crippen MR) is 113 cm³/mol. The fraction of sp³-hybridized carbons (Fsp3) is 0.667. The molecule has 1 aliphatic rings. The molecule has 1 saturated heterocycles. The van der Waals surface area contributed by atoms with Gasteiger partial charge in [-0.05, 0) is 32.8 Å². The monoisotopic (exact) mass is 431 g/mol. The molecule has 30 heavy (non-hydrogen) atoms. The number of amides is 1. The number of aldehydes is 1. The smallest absolute Gasteiger partial charge is 0.411 e. The Labute approximate surface area is 177 Å². The second-order valence-corrected chi connectivity index (χ2v) is 8.68. The van der Waals surface area contributed by atoms with Gasteiger partial charge in [0.05, 0.1) is 24.5 Å². The molecule has 0 bridgehead atoms. The Hall–Kier alpha value is -2.29. The fourth-order valence-electron chi connectivity index (χ4n) is 2.46. The number of nitrogens with zero attached hydrogens (tertiary/aromatic N) is 2. The molecule has 172 valence electrons. The summed E-state index contributed by atoms with van der Waals surface area (Å²) in [5.41, 5.74) is 5.47. The average Bonchev–Trinajstić information content (AvgIpc) is 2.90. The third kappa shape index (κ3) is 9.96. The number of carbonyl (C=O) groups excluding carboxylic acids is 2. The third-order valence-corrected chi connectivity index (χ3v) is 3.37. The molecule has 0 saturated carbocycles. The van der Waals surface area contributed by atoms with Gasteiger partial charge in [-0.15, -0.1) is 0 Å². The molecular weight excluding hydrogens is 396 g/mol. The molecule has 7 nitrogen and oxygen atoms in total. The van der Waals surface area contributed by atoms with Crippen LogP contribution in [0.15, 0.2) is 12.3 Å². The topological polar surface area (TPSA) is 94.8 Å². The second kappa shape index (κ2) is 11.8. The first kappa shape index (κ1) is 27.7. The van der Waals surface area contributed by atoms with Crippen LogP contribution in [-0.4, -0.2) is 54.6 Å². The normalized spacial score (nSPS) is 17.4.